The summed E-state index contributed by atoms with van der Waals surface area (Å²) in [5.41, 5.74) is 1.08. The van der Waals surface area contributed by atoms with Crippen LogP contribution in [0.2, 0.25) is 0 Å². The number of hydrogen-bond donors (Lipinski definition) is 1. The number of nitrogens with zero attached hydrogens (tertiary/aromatic N) is 5. The summed E-state index contributed by atoms with van der Waals surface area (Å²) in [5, 5.41) is 12.4. The number of aromatic nitrogens is 3. The number of thioether (sulfide) groups is 1. The fourth-order valence-electron chi connectivity index (χ4n) is 4.17. The third-order valence-electron chi connectivity index (χ3n) is 6.18. The number of unbranched alkanes of at least 4 members (excludes halogenated alkanes) is 1. The molecule has 1 fully saturated rings. The van der Waals surface area contributed by atoms with Gasteiger partial charge in [0.2, 0.25) is 15.9 Å². The number of aryl methyl sites for hydroxylation is 1. The molecule has 1 saturated heterocycles. The molecule has 0 radical (unpaired) electrons. The van der Waals surface area contributed by atoms with Crippen LogP contribution in [-0.4, -0.2) is 84.4 Å². The maximum Gasteiger partial charge on any atom is 0.243 e. The van der Waals surface area contributed by atoms with E-state index < -0.39 is 10.0 Å². The first-order chi connectivity index (χ1) is 17.2. The maximum atomic E-state index is 13.1. The quantitative estimate of drug-likeness (QED) is 0.411. The molecule has 1 aromatic carbocycles. The van der Waals surface area contributed by atoms with Crippen LogP contribution in [0.15, 0.2) is 28.3 Å². The SMILES string of the molecule is CCCCn1c(SCC(=O)Nc2ccc(C)c(S(=O)(=O)N3CCOCC3)c2)nnc1[C@H](CC)N(C)C. The van der Waals surface area contributed by atoms with Gasteiger partial charge in [0.15, 0.2) is 11.0 Å². The molecule has 2 aromatic rings. The number of ether oxygens (including phenoxy) is 1. The Morgan fingerprint density at radius 1 is 1.22 bits per heavy atom. The predicted molar refractivity (Wildman–Crippen MR) is 142 cm³/mol. The van der Waals surface area contributed by atoms with Crippen LogP contribution < -0.4 is 5.32 Å². The van der Waals surface area contributed by atoms with E-state index in [0.29, 0.717) is 42.7 Å². The molecule has 1 atom stereocenters. The second-order valence-corrected chi connectivity index (χ2v) is 11.9. The molecule has 2 heterocycles. The molecule has 12 heteroatoms. The monoisotopic (exact) mass is 538 g/mol. The number of hydrogen-bond acceptors (Lipinski definition) is 8. The van der Waals surface area contributed by atoms with Gasteiger partial charge in [0.1, 0.15) is 0 Å². The van der Waals surface area contributed by atoms with Crippen LogP contribution in [0.1, 0.15) is 50.5 Å². The smallest absolute Gasteiger partial charge is 0.243 e. The van der Waals surface area contributed by atoms with Crippen molar-refractivity contribution < 1.29 is 17.9 Å². The van der Waals surface area contributed by atoms with E-state index in [-0.39, 0.29) is 22.6 Å². The minimum Gasteiger partial charge on any atom is -0.379 e. The number of sulfonamides is 1. The highest BCUT2D eigenvalue weighted by Gasteiger charge is 2.28. The maximum absolute atomic E-state index is 13.1. The van der Waals surface area contributed by atoms with Crippen molar-refractivity contribution in [3.05, 3.63) is 29.6 Å². The first-order valence-electron chi connectivity index (χ1n) is 12.4. The fourth-order valence-corrected chi connectivity index (χ4v) is 6.60. The number of carbonyl (C=O) groups excluding carboxylic acids is 1. The number of anilines is 1. The van der Waals surface area contributed by atoms with Crippen LogP contribution >= 0.6 is 11.8 Å². The van der Waals surface area contributed by atoms with Gasteiger partial charge in [-0.3, -0.25) is 9.69 Å². The Balaban J connectivity index is 1.71. The van der Waals surface area contributed by atoms with Crippen LogP contribution in [0.25, 0.3) is 0 Å². The van der Waals surface area contributed by atoms with Crippen molar-refractivity contribution >= 4 is 33.4 Å². The molecule has 1 amide bonds. The van der Waals surface area contributed by atoms with E-state index in [1.807, 2.05) is 14.1 Å². The minimum absolute atomic E-state index is 0.141. The molecular formula is C24H38N6O4S2. The molecule has 10 nitrogen and oxygen atoms in total. The molecule has 0 spiro atoms. The lowest BCUT2D eigenvalue weighted by atomic mass is 10.2. The fraction of sp³-hybridized carbons (Fsp3) is 0.625. The van der Waals surface area contributed by atoms with E-state index in [0.717, 1.165) is 31.6 Å². The van der Waals surface area contributed by atoms with Crippen molar-refractivity contribution in [3.63, 3.8) is 0 Å². The standard InChI is InChI=1S/C24H38N6O4S2/c1-6-8-11-30-23(20(7-2)28(4)5)26-27-24(30)35-17-22(31)25-19-10-9-18(3)21(16-19)36(32,33)29-12-14-34-15-13-29/h9-10,16,20H,6-8,11-15,17H2,1-5H3,(H,25,31)/t20-/m0/s1. The van der Waals surface area contributed by atoms with E-state index in [9.17, 15) is 13.2 Å². The van der Waals surface area contributed by atoms with Crippen LogP contribution in [0.3, 0.4) is 0 Å². The highest BCUT2D eigenvalue weighted by Crippen LogP contribution is 2.27. The number of amides is 1. The van der Waals surface area contributed by atoms with Crippen molar-refractivity contribution in [3.8, 4) is 0 Å². The van der Waals surface area contributed by atoms with Crippen LogP contribution in [0, 0.1) is 6.92 Å². The summed E-state index contributed by atoms with van der Waals surface area (Å²) in [4.78, 5) is 15.1. The second kappa shape index (κ2) is 13.0. The van der Waals surface area contributed by atoms with Crippen molar-refractivity contribution in [2.75, 3.05) is 51.5 Å². The van der Waals surface area contributed by atoms with Gasteiger partial charge in [-0.2, -0.15) is 4.31 Å². The summed E-state index contributed by atoms with van der Waals surface area (Å²) < 4.78 is 35.1. The van der Waals surface area contributed by atoms with Crippen LogP contribution in [0.4, 0.5) is 5.69 Å². The van der Waals surface area contributed by atoms with Gasteiger partial charge in [-0.05, 0) is 51.6 Å². The van der Waals surface area contributed by atoms with Gasteiger partial charge in [-0.15, -0.1) is 10.2 Å². The lowest BCUT2D eigenvalue weighted by Crippen LogP contribution is -2.40. The normalized spacial score (nSPS) is 15.8. The molecular weight excluding hydrogens is 500 g/mol. The molecule has 1 aromatic heterocycles. The van der Waals surface area contributed by atoms with E-state index in [2.05, 4.69) is 38.8 Å². The zero-order valence-electron chi connectivity index (χ0n) is 21.9. The van der Waals surface area contributed by atoms with E-state index in [4.69, 9.17) is 4.74 Å². The van der Waals surface area contributed by atoms with Crippen LogP contribution in [0.5, 0.6) is 0 Å². The number of rotatable bonds is 12. The topological polar surface area (TPSA) is 110 Å². The molecule has 0 aliphatic carbocycles. The average Bonchev–Trinajstić information content (AvgIpc) is 3.25. The molecule has 1 aliphatic rings. The Labute approximate surface area is 218 Å². The van der Waals surface area contributed by atoms with E-state index in [1.165, 1.54) is 22.1 Å². The number of morpholine rings is 1. The molecule has 1 aliphatic heterocycles. The molecule has 36 heavy (non-hydrogen) atoms. The first kappa shape index (κ1) is 28.6. The van der Waals surface area contributed by atoms with Gasteiger partial charge in [-0.25, -0.2) is 8.42 Å². The third-order valence-corrected chi connectivity index (χ3v) is 9.19. The Bertz CT molecular complexity index is 1130. The summed E-state index contributed by atoms with van der Waals surface area (Å²) in [6.45, 7) is 8.22. The predicted octanol–water partition coefficient (Wildman–Crippen LogP) is 3.15. The Hall–Kier alpha value is -1.99. The summed E-state index contributed by atoms with van der Waals surface area (Å²) in [5.74, 6) is 0.822. The first-order valence-corrected chi connectivity index (χ1v) is 14.8. The molecule has 3 rings (SSSR count). The average molecular weight is 539 g/mol. The van der Waals surface area contributed by atoms with Gasteiger partial charge in [0.25, 0.3) is 0 Å². The van der Waals surface area contributed by atoms with Crippen LogP contribution in [-0.2, 0) is 26.1 Å². The van der Waals surface area contributed by atoms with E-state index >= 15 is 0 Å². The highest BCUT2D eigenvalue weighted by atomic mass is 32.2. The van der Waals surface area contributed by atoms with Crippen molar-refractivity contribution in [1.82, 2.24) is 24.0 Å². The van der Waals surface area contributed by atoms with E-state index in [1.54, 1.807) is 19.1 Å². The molecule has 0 unspecified atom stereocenters. The lowest BCUT2D eigenvalue weighted by molar-refractivity contribution is -0.113. The minimum atomic E-state index is -3.66. The summed E-state index contributed by atoms with van der Waals surface area (Å²) in [6, 6.07) is 5.13. The third kappa shape index (κ3) is 6.86. The Morgan fingerprint density at radius 3 is 2.58 bits per heavy atom. The Kier molecular flexibility index (Phi) is 10.3. The van der Waals surface area contributed by atoms with Gasteiger partial charge in [-0.1, -0.05) is 38.1 Å². The van der Waals surface area contributed by atoms with Gasteiger partial charge < -0.3 is 14.6 Å². The summed E-state index contributed by atoms with van der Waals surface area (Å²) >= 11 is 1.34. The van der Waals surface area contributed by atoms with Crippen molar-refractivity contribution in [2.45, 2.75) is 62.7 Å². The lowest BCUT2D eigenvalue weighted by Gasteiger charge is -2.26. The van der Waals surface area contributed by atoms with Gasteiger partial charge >= 0.3 is 0 Å². The second-order valence-electron chi connectivity index (χ2n) is 9.07. The van der Waals surface area contributed by atoms with Crippen molar-refractivity contribution in [1.29, 1.82) is 0 Å². The molecule has 0 saturated carbocycles. The molecule has 1 N–H and O–H groups in total. The van der Waals surface area contributed by atoms with Gasteiger partial charge in [0, 0.05) is 25.3 Å². The summed E-state index contributed by atoms with van der Waals surface area (Å²) in [6.07, 6.45) is 2.95. The largest absolute Gasteiger partial charge is 0.379 e. The molecule has 0 bridgehead atoms. The number of benzene rings is 1. The Morgan fingerprint density at radius 2 is 1.94 bits per heavy atom. The summed E-state index contributed by atoms with van der Waals surface area (Å²) in [7, 11) is 0.396. The van der Waals surface area contributed by atoms with Gasteiger partial charge in [0.05, 0.1) is 29.9 Å². The van der Waals surface area contributed by atoms with Crippen molar-refractivity contribution in [2.24, 2.45) is 0 Å². The number of carbonyl (C=O) groups is 1. The zero-order chi connectivity index (χ0) is 26.3. The number of nitrogens with one attached hydrogen (secondary N) is 1. The zero-order valence-corrected chi connectivity index (χ0v) is 23.5. The highest BCUT2D eigenvalue weighted by molar-refractivity contribution is 7.99. The molecule has 200 valence electrons.